The molecule has 1 aromatic carbocycles. The summed E-state index contributed by atoms with van der Waals surface area (Å²) in [7, 11) is 0. The molecule has 0 spiro atoms. The molecule has 0 bridgehead atoms. The van der Waals surface area contributed by atoms with E-state index in [9.17, 15) is 5.11 Å². The number of likely N-dealkylation sites (tertiary alicyclic amines) is 1. The smallest absolute Gasteiger partial charge is 0.115 e. The highest BCUT2D eigenvalue weighted by atomic mass is 16.3. The molecule has 1 saturated heterocycles. The zero-order chi connectivity index (χ0) is 17.9. The molecule has 1 aliphatic heterocycles. The number of nitrogens with zero attached hydrogens (tertiary/aromatic N) is 1. The maximum absolute atomic E-state index is 9.84. The molecule has 3 N–H and O–H groups in total. The topological polar surface area (TPSA) is 49.5 Å². The van der Waals surface area contributed by atoms with Gasteiger partial charge in [-0.2, -0.15) is 0 Å². The molecule has 0 radical (unpaired) electrons. The van der Waals surface area contributed by atoms with E-state index in [1.165, 1.54) is 37.7 Å². The number of rotatable bonds is 5. The van der Waals surface area contributed by atoms with E-state index in [1.807, 2.05) is 12.1 Å². The van der Waals surface area contributed by atoms with Crippen molar-refractivity contribution in [2.75, 3.05) is 19.6 Å². The number of aromatic hydroxyl groups is 1. The lowest BCUT2D eigenvalue weighted by atomic mass is 9.68. The van der Waals surface area contributed by atoms with E-state index in [-0.39, 0.29) is 5.41 Å². The third kappa shape index (κ3) is 4.38. The highest BCUT2D eigenvalue weighted by Crippen LogP contribution is 2.40. The Labute approximate surface area is 153 Å². The maximum atomic E-state index is 9.84. The summed E-state index contributed by atoms with van der Waals surface area (Å²) < 4.78 is 0. The molecule has 1 heterocycles. The van der Waals surface area contributed by atoms with Crippen LogP contribution in [-0.2, 0) is 5.41 Å². The van der Waals surface area contributed by atoms with E-state index in [0.29, 0.717) is 17.7 Å². The van der Waals surface area contributed by atoms with Gasteiger partial charge >= 0.3 is 0 Å². The van der Waals surface area contributed by atoms with Gasteiger partial charge in [-0.3, -0.25) is 0 Å². The van der Waals surface area contributed by atoms with Crippen molar-refractivity contribution < 1.29 is 5.11 Å². The molecule has 3 nitrogen and oxygen atoms in total. The van der Waals surface area contributed by atoms with Crippen LogP contribution in [-0.4, -0.2) is 35.7 Å². The van der Waals surface area contributed by atoms with E-state index >= 15 is 0 Å². The molecule has 140 valence electrons. The summed E-state index contributed by atoms with van der Waals surface area (Å²) in [6, 6.07) is 8.24. The standard InChI is InChI=1S/C22H36N2O/c1-17-16-24(13-11-21(23)18-7-4-3-5-8-18)14-12-22(17,2)19-9-6-10-20(25)15-19/h6,9-10,15,17-18,21,25H,3-5,7-8,11-14,16,23H2,1-2H3. The third-order valence-electron chi connectivity index (χ3n) is 7.11. The van der Waals surface area contributed by atoms with E-state index in [2.05, 4.69) is 24.8 Å². The normalized spacial score (nSPS) is 30.3. The van der Waals surface area contributed by atoms with Crippen molar-refractivity contribution in [1.82, 2.24) is 4.90 Å². The second kappa shape index (κ2) is 8.09. The van der Waals surface area contributed by atoms with Crippen LogP contribution in [0.4, 0.5) is 0 Å². The van der Waals surface area contributed by atoms with Crippen molar-refractivity contribution in [3.05, 3.63) is 29.8 Å². The zero-order valence-electron chi connectivity index (χ0n) is 16.1. The van der Waals surface area contributed by atoms with Gasteiger partial charge in [0.25, 0.3) is 0 Å². The number of phenolic OH excluding ortho intramolecular Hbond substituents is 1. The van der Waals surface area contributed by atoms with Crippen molar-refractivity contribution in [2.24, 2.45) is 17.6 Å². The SMILES string of the molecule is CC1CN(CCC(N)C2CCCCC2)CCC1(C)c1cccc(O)c1. The van der Waals surface area contributed by atoms with Crippen LogP contribution in [0.2, 0.25) is 0 Å². The number of hydrogen-bond acceptors (Lipinski definition) is 3. The van der Waals surface area contributed by atoms with Gasteiger partial charge in [0, 0.05) is 12.6 Å². The predicted octanol–water partition coefficient (Wildman–Crippen LogP) is 4.29. The molecule has 2 fully saturated rings. The van der Waals surface area contributed by atoms with Crippen LogP contribution in [0.3, 0.4) is 0 Å². The first-order valence-electron chi connectivity index (χ1n) is 10.3. The number of benzene rings is 1. The van der Waals surface area contributed by atoms with E-state index in [1.54, 1.807) is 6.07 Å². The molecule has 3 atom stereocenters. The Morgan fingerprint density at radius 3 is 2.72 bits per heavy atom. The fourth-order valence-corrected chi connectivity index (χ4v) is 4.94. The lowest BCUT2D eigenvalue weighted by Crippen LogP contribution is -2.48. The van der Waals surface area contributed by atoms with Crippen molar-refractivity contribution >= 4 is 0 Å². The van der Waals surface area contributed by atoms with E-state index < -0.39 is 0 Å². The van der Waals surface area contributed by atoms with Gasteiger partial charge in [0.15, 0.2) is 0 Å². The average molecular weight is 345 g/mol. The Morgan fingerprint density at radius 2 is 2.04 bits per heavy atom. The number of piperidine rings is 1. The molecule has 1 aliphatic carbocycles. The molecule has 2 aliphatic rings. The molecule has 3 rings (SSSR count). The average Bonchev–Trinajstić information content (AvgIpc) is 2.63. The Kier molecular flexibility index (Phi) is 6.06. The van der Waals surface area contributed by atoms with Gasteiger partial charge < -0.3 is 15.7 Å². The minimum absolute atomic E-state index is 0.153. The zero-order valence-corrected chi connectivity index (χ0v) is 16.1. The van der Waals surface area contributed by atoms with Crippen LogP contribution in [0.1, 0.15) is 64.4 Å². The third-order valence-corrected chi connectivity index (χ3v) is 7.11. The van der Waals surface area contributed by atoms with Gasteiger partial charge in [0.2, 0.25) is 0 Å². The van der Waals surface area contributed by atoms with Gasteiger partial charge in [-0.1, -0.05) is 45.2 Å². The fraction of sp³-hybridized carbons (Fsp3) is 0.727. The Balaban J connectivity index is 1.53. The van der Waals surface area contributed by atoms with Crippen molar-refractivity contribution in [3.63, 3.8) is 0 Å². The first-order chi connectivity index (χ1) is 12.0. The van der Waals surface area contributed by atoms with Crippen LogP contribution < -0.4 is 5.73 Å². The Morgan fingerprint density at radius 1 is 1.28 bits per heavy atom. The minimum Gasteiger partial charge on any atom is -0.508 e. The summed E-state index contributed by atoms with van der Waals surface area (Å²) in [5, 5.41) is 9.84. The highest BCUT2D eigenvalue weighted by Gasteiger charge is 2.38. The summed E-state index contributed by atoms with van der Waals surface area (Å²) >= 11 is 0. The van der Waals surface area contributed by atoms with Crippen molar-refractivity contribution in [1.29, 1.82) is 0 Å². The quantitative estimate of drug-likeness (QED) is 0.838. The Bertz CT molecular complexity index is 555. The molecular formula is C22H36N2O. The summed E-state index contributed by atoms with van der Waals surface area (Å²) in [6.45, 7) is 8.12. The van der Waals surface area contributed by atoms with Crippen molar-refractivity contribution in [3.8, 4) is 5.75 Å². The lowest BCUT2D eigenvalue weighted by Gasteiger charge is -2.45. The molecule has 0 aromatic heterocycles. The minimum atomic E-state index is 0.153. The monoisotopic (exact) mass is 344 g/mol. The van der Waals surface area contributed by atoms with Crippen LogP contribution in [0.25, 0.3) is 0 Å². The van der Waals surface area contributed by atoms with Crippen LogP contribution in [0.15, 0.2) is 24.3 Å². The molecule has 3 heteroatoms. The first-order valence-corrected chi connectivity index (χ1v) is 10.3. The lowest BCUT2D eigenvalue weighted by molar-refractivity contribution is 0.105. The summed E-state index contributed by atoms with van der Waals surface area (Å²) in [5.41, 5.74) is 7.94. The van der Waals surface area contributed by atoms with Crippen molar-refractivity contribution in [2.45, 2.75) is 70.3 Å². The molecule has 1 aromatic rings. The van der Waals surface area contributed by atoms with Crippen LogP contribution >= 0.6 is 0 Å². The first kappa shape index (κ1) is 18.7. The number of phenols is 1. The molecule has 25 heavy (non-hydrogen) atoms. The fourth-order valence-electron chi connectivity index (χ4n) is 4.94. The second-order valence-corrected chi connectivity index (χ2v) is 8.77. The predicted molar refractivity (Wildman–Crippen MR) is 105 cm³/mol. The molecule has 1 saturated carbocycles. The van der Waals surface area contributed by atoms with E-state index in [4.69, 9.17) is 5.73 Å². The Hall–Kier alpha value is -1.06. The van der Waals surface area contributed by atoms with Crippen LogP contribution in [0.5, 0.6) is 5.75 Å². The molecule has 3 unspecified atom stereocenters. The second-order valence-electron chi connectivity index (χ2n) is 8.77. The number of hydrogen-bond donors (Lipinski definition) is 2. The maximum Gasteiger partial charge on any atom is 0.115 e. The molecular weight excluding hydrogens is 308 g/mol. The summed E-state index contributed by atoms with van der Waals surface area (Å²) in [6.07, 6.45) is 9.13. The highest BCUT2D eigenvalue weighted by molar-refractivity contribution is 5.33. The van der Waals surface area contributed by atoms with Gasteiger partial charge in [0.05, 0.1) is 0 Å². The van der Waals surface area contributed by atoms with Crippen LogP contribution in [0, 0.1) is 11.8 Å². The van der Waals surface area contributed by atoms with Gasteiger partial charge in [-0.15, -0.1) is 0 Å². The largest absolute Gasteiger partial charge is 0.508 e. The summed E-state index contributed by atoms with van der Waals surface area (Å²) in [4.78, 5) is 2.61. The van der Waals surface area contributed by atoms with Gasteiger partial charge in [0.1, 0.15) is 5.75 Å². The van der Waals surface area contributed by atoms with Gasteiger partial charge in [-0.25, -0.2) is 0 Å². The number of nitrogens with two attached hydrogens (primary N) is 1. The summed E-state index contributed by atoms with van der Waals surface area (Å²) in [5.74, 6) is 1.72. The molecule has 0 amide bonds. The van der Waals surface area contributed by atoms with E-state index in [0.717, 1.165) is 38.4 Å². The van der Waals surface area contributed by atoms with Gasteiger partial charge in [-0.05, 0) is 73.7 Å².